The second-order valence-electron chi connectivity index (χ2n) is 6.49. The van der Waals surface area contributed by atoms with Crippen molar-refractivity contribution >= 4 is 30.8 Å². The summed E-state index contributed by atoms with van der Waals surface area (Å²) in [5, 5.41) is 3.09. The third-order valence-electron chi connectivity index (χ3n) is 3.81. The summed E-state index contributed by atoms with van der Waals surface area (Å²) in [4.78, 5) is 37.6. The van der Waals surface area contributed by atoms with Crippen LogP contribution in [0.25, 0.3) is 0 Å². The third-order valence-corrected chi connectivity index (χ3v) is 5.22. The first-order valence-electron chi connectivity index (χ1n) is 8.73. The second kappa shape index (κ2) is 10.3. The number of carbonyl (C=O) groups is 1. The molecule has 1 amide bonds. The Labute approximate surface area is 168 Å². The third kappa shape index (κ3) is 7.44. The standard InChI is InChI=1S/C18H25N2O6PS/c1-18(19,14-26-27(22,23)24)17(21)20(15-8-3-2-4-9-15)25-12-6-5-10-16-11-7-13-28-16/h2-4,7-9,11,13H,5-6,10,12,14,19H2,1H3,(H2,22,23,24)/t18-/m0/s1. The van der Waals surface area contributed by atoms with Crippen molar-refractivity contribution in [3.63, 3.8) is 0 Å². The molecule has 0 aliphatic carbocycles. The monoisotopic (exact) mass is 428 g/mol. The van der Waals surface area contributed by atoms with E-state index in [9.17, 15) is 9.36 Å². The van der Waals surface area contributed by atoms with Crippen LogP contribution in [0.5, 0.6) is 0 Å². The number of para-hydroxylation sites is 1. The van der Waals surface area contributed by atoms with E-state index in [0.29, 0.717) is 12.3 Å². The zero-order chi connectivity index (χ0) is 20.6. The number of nitrogens with two attached hydrogens (primary N) is 1. The van der Waals surface area contributed by atoms with Gasteiger partial charge in [-0.3, -0.25) is 14.2 Å². The second-order valence-corrected chi connectivity index (χ2v) is 8.76. The van der Waals surface area contributed by atoms with Crippen LogP contribution in [0, 0.1) is 0 Å². The topological polar surface area (TPSA) is 122 Å². The number of nitrogens with zero attached hydrogens (tertiary/aromatic N) is 1. The predicted molar refractivity (Wildman–Crippen MR) is 108 cm³/mol. The number of phosphoric ester groups is 1. The number of rotatable bonds is 11. The van der Waals surface area contributed by atoms with Gasteiger partial charge in [0.1, 0.15) is 5.54 Å². The molecule has 0 fully saturated rings. The summed E-state index contributed by atoms with van der Waals surface area (Å²) in [6, 6.07) is 12.7. The van der Waals surface area contributed by atoms with Gasteiger partial charge in [0.05, 0.1) is 18.9 Å². The van der Waals surface area contributed by atoms with E-state index in [0.717, 1.165) is 24.3 Å². The molecule has 2 rings (SSSR count). The smallest absolute Gasteiger partial charge is 0.316 e. The van der Waals surface area contributed by atoms with Gasteiger partial charge in [-0.25, -0.2) is 4.57 Å². The van der Waals surface area contributed by atoms with Crippen molar-refractivity contribution in [1.29, 1.82) is 0 Å². The summed E-state index contributed by atoms with van der Waals surface area (Å²) in [5.74, 6) is -0.662. The molecule has 0 unspecified atom stereocenters. The molecule has 2 aromatic rings. The number of hydrogen-bond donors (Lipinski definition) is 3. The van der Waals surface area contributed by atoms with E-state index in [1.807, 2.05) is 11.4 Å². The fourth-order valence-electron chi connectivity index (χ4n) is 2.34. The zero-order valence-electron chi connectivity index (χ0n) is 15.6. The van der Waals surface area contributed by atoms with Crippen molar-refractivity contribution in [3.05, 3.63) is 52.7 Å². The molecule has 28 heavy (non-hydrogen) atoms. The fourth-order valence-corrected chi connectivity index (χ4v) is 3.53. The molecule has 1 atom stereocenters. The van der Waals surface area contributed by atoms with Crippen molar-refractivity contribution in [3.8, 4) is 0 Å². The molecule has 0 bridgehead atoms. The molecule has 0 aliphatic heterocycles. The molecule has 10 heteroatoms. The Hall–Kier alpha value is -1.58. The van der Waals surface area contributed by atoms with Gasteiger partial charge in [0, 0.05) is 4.88 Å². The van der Waals surface area contributed by atoms with Crippen molar-refractivity contribution in [2.45, 2.75) is 31.7 Å². The molecule has 4 N–H and O–H groups in total. The molecule has 1 heterocycles. The summed E-state index contributed by atoms with van der Waals surface area (Å²) in [6.45, 7) is 0.976. The molecule has 0 spiro atoms. The normalized spacial score (nSPS) is 13.9. The van der Waals surface area contributed by atoms with Crippen LogP contribution in [0.2, 0.25) is 0 Å². The quantitative estimate of drug-likeness (QED) is 0.286. The minimum atomic E-state index is -4.75. The lowest BCUT2D eigenvalue weighted by Gasteiger charge is -2.30. The average Bonchev–Trinajstić information content (AvgIpc) is 3.16. The largest absolute Gasteiger partial charge is 0.469 e. The number of hydrogen-bond acceptors (Lipinski definition) is 6. The Morgan fingerprint density at radius 2 is 1.93 bits per heavy atom. The van der Waals surface area contributed by atoms with Gasteiger partial charge in [0.25, 0.3) is 5.91 Å². The van der Waals surface area contributed by atoms with E-state index >= 15 is 0 Å². The number of thiophene rings is 1. The lowest BCUT2D eigenvalue weighted by atomic mass is 10.0. The Balaban J connectivity index is 1.98. The number of anilines is 1. The average molecular weight is 428 g/mol. The SMILES string of the molecule is C[C@](N)(COP(=O)(O)O)C(=O)N(OCCCCc1cccs1)c1ccccc1. The molecule has 0 saturated carbocycles. The Morgan fingerprint density at radius 1 is 1.21 bits per heavy atom. The molecule has 154 valence electrons. The number of unbranched alkanes of at least 4 members (excludes halogenated alkanes) is 1. The summed E-state index contributed by atoms with van der Waals surface area (Å²) in [5.41, 5.74) is 4.75. The number of benzene rings is 1. The van der Waals surface area contributed by atoms with Gasteiger partial charge in [0.2, 0.25) is 0 Å². The molecular weight excluding hydrogens is 403 g/mol. The van der Waals surface area contributed by atoms with Gasteiger partial charge in [-0.15, -0.1) is 11.3 Å². The van der Waals surface area contributed by atoms with E-state index in [1.165, 1.54) is 11.8 Å². The maximum Gasteiger partial charge on any atom is 0.469 e. The maximum atomic E-state index is 12.9. The van der Waals surface area contributed by atoms with Gasteiger partial charge >= 0.3 is 7.82 Å². The molecule has 0 radical (unpaired) electrons. The summed E-state index contributed by atoms with van der Waals surface area (Å²) in [7, 11) is -4.75. The molecule has 1 aromatic heterocycles. The zero-order valence-corrected chi connectivity index (χ0v) is 17.3. The summed E-state index contributed by atoms with van der Waals surface area (Å²) in [6.07, 6.45) is 2.57. The number of amides is 1. The maximum absolute atomic E-state index is 12.9. The first kappa shape index (κ1) is 22.7. The highest BCUT2D eigenvalue weighted by atomic mass is 32.1. The van der Waals surface area contributed by atoms with E-state index in [2.05, 4.69) is 10.6 Å². The van der Waals surface area contributed by atoms with Crippen LogP contribution >= 0.6 is 19.2 Å². The Morgan fingerprint density at radius 3 is 2.54 bits per heavy atom. The van der Waals surface area contributed by atoms with E-state index < -0.39 is 25.9 Å². The summed E-state index contributed by atoms with van der Waals surface area (Å²) < 4.78 is 15.4. The minimum Gasteiger partial charge on any atom is -0.316 e. The molecule has 0 saturated heterocycles. The minimum absolute atomic E-state index is 0.293. The van der Waals surface area contributed by atoms with Gasteiger partial charge in [-0.1, -0.05) is 24.3 Å². The van der Waals surface area contributed by atoms with Gasteiger partial charge < -0.3 is 15.5 Å². The van der Waals surface area contributed by atoms with Crippen molar-refractivity contribution in [2.24, 2.45) is 5.73 Å². The van der Waals surface area contributed by atoms with Crippen LogP contribution in [0.4, 0.5) is 5.69 Å². The van der Waals surface area contributed by atoms with E-state index in [1.54, 1.807) is 41.7 Å². The molecule has 0 aliphatic rings. The molecule has 8 nitrogen and oxygen atoms in total. The van der Waals surface area contributed by atoms with Crippen molar-refractivity contribution in [1.82, 2.24) is 0 Å². The van der Waals surface area contributed by atoms with Gasteiger partial charge in [0.15, 0.2) is 0 Å². The number of phosphoric acid groups is 1. The lowest BCUT2D eigenvalue weighted by Crippen LogP contribution is -2.56. The van der Waals surface area contributed by atoms with E-state index in [-0.39, 0.29) is 0 Å². The molecular formula is C18H25N2O6PS. The van der Waals surface area contributed by atoms with E-state index in [4.69, 9.17) is 20.4 Å². The highest BCUT2D eigenvalue weighted by Gasteiger charge is 2.37. The van der Waals surface area contributed by atoms with Crippen LogP contribution in [0.1, 0.15) is 24.6 Å². The van der Waals surface area contributed by atoms with Crippen molar-refractivity contribution in [2.75, 3.05) is 18.3 Å². The lowest BCUT2D eigenvalue weighted by molar-refractivity contribution is -0.132. The first-order chi connectivity index (χ1) is 13.2. The summed E-state index contributed by atoms with van der Waals surface area (Å²) >= 11 is 1.70. The number of hydroxylamine groups is 1. The highest BCUT2D eigenvalue weighted by Crippen LogP contribution is 2.36. The Kier molecular flexibility index (Phi) is 8.33. The van der Waals surface area contributed by atoms with Crippen LogP contribution in [-0.2, 0) is 25.1 Å². The van der Waals surface area contributed by atoms with Crippen LogP contribution < -0.4 is 10.8 Å². The number of aryl methyl sites for hydroxylation is 1. The Bertz CT molecular complexity index is 779. The predicted octanol–water partition coefficient (Wildman–Crippen LogP) is 2.86. The first-order valence-corrected chi connectivity index (χ1v) is 11.1. The van der Waals surface area contributed by atoms with Gasteiger partial charge in [-0.05, 0) is 49.8 Å². The highest BCUT2D eigenvalue weighted by molar-refractivity contribution is 7.46. The van der Waals surface area contributed by atoms with Gasteiger partial charge in [-0.2, -0.15) is 5.06 Å². The number of carbonyl (C=O) groups excluding carboxylic acids is 1. The van der Waals surface area contributed by atoms with Crippen LogP contribution in [-0.4, -0.2) is 34.4 Å². The van der Waals surface area contributed by atoms with Crippen molar-refractivity contribution < 1.29 is 28.5 Å². The fraction of sp³-hybridized carbons (Fsp3) is 0.389. The molecule has 1 aromatic carbocycles. The van der Waals surface area contributed by atoms with Crippen LogP contribution in [0.15, 0.2) is 47.8 Å². The van der Waals surface area contributed by atoms with Crippen LogP contribution in [0.3, 0.4) is 0 Å².